The monoisotopic (exact) mass is 411 g/mol. The number of nitrogens with zero attached hydrogens (tertiary/aromatic N) is 2. The number of sulfonamides is 1. The number of aryl methyl sites for hydroxylation is 1. The van der Waals surface area contributed by atoms with Crippen LogP contribution in [0.4, 0.5) is 5.69 Å². The van der Waals surface area contributed by atoms with Gasteiger partial charge in [-0.2, -0.15) is 9.57 Å². The van der Waals surface area contributed by atoms with Gasteiger partial charge in [0, 0.05) is 23.8 Å². The van der Waals surface area contributed by atoms with Crippen molar-refractivity contribution in [2.75, 3.05) is 11.9 Å². The van der Waals surface area contributed by atoms with Crippen molar-refractivity contribution in [1.29, 1.82) is 5.26 Å². The van der Waals surface area contributed by atoms with Crippen LogP contribution in [0.5, 0.6) is 0 Å². The summed E-state index contributed by atoms with van der Waals surface area (Å²) in [5.41, 5.74) is 2.49. The van der Waals surface area contributed by atoms with E-state index >= 15 is 0 Å². The van der Waals surface area contributed by atoms with Crippen LogP contribution >= 0.6 is 0 Å². The summed E-state index contributed by atoms with van der Waals surface area (Å²) in [7, 11) is -3.65. The number of nitrogens with one attached hydrogen (secondary N) is 1. The Balaban J connectivity index is 1.84. The summed E-state index contributed by atoms with van der Waals surface area (Å²) in [5.74, 6) is -0.362. The lowest BCUT2D eigenvalue weighted by atomic mass is 10.1. The summed E-state index contributed by atoms with van der Waals surface area (Å²) >= 11 is 0. The van der Waals surface area contributed by atoms with Crippen molar-refractivity contribution in [3.63, 3.8) is 0 Å². The van der Waals surface area contributed by atoms with E-state index in [1.54, 1.807) is 43.3 Å². The molecule has 2 aromatic carbocycles. The topological polar surface area (TPSA) is 90.3 Å². The molecule has 6 nitrogen and oxygen atoms in total. The highest BCUT2D eigenvalue weighted by atomic mass is 32.2. The fourth-order valence-corrected chi connectivity index (χ4v) is 5.29. The second kappa shape index (κ2) is 8.76. The van der Waals surface area contributed by atoms with E-state index < -0.39 is 10.0 Å². The van der Waals surface area contributed by atoms with E-state index in [1.165, 1.54) is 10.4 Å². The number of hydrogen-bond acceptors (Lipinski definition) is 4. The first-order valence-corrected chi connectivity index (χ1v) is 11.2. The molecule has 0 saturated carbocycles. The Labute approximate surface area is 172 Å². The molecule has 1 atom stereocenters. The van der Waals surface area contributed by atoms with Crippen molar-refractivity contribution in [1.82, 2.24) is 4.31 Å². The van der Waals surface area contributed by atoms with Crippen LogP contribution in [-0.2, 0) is 16.4 Å². The molecule has 0 spiro atoms. The molecule has 152 valence electrons. The molecular formula is C22H25N3O3S. The van der Waals surface area contributed by atoms with E-state index in [9.17, 15) is 13.2 Å². The fraction of sp³-hybridized carbons (Fsp3) is 0.364. The normalized spacial score (nSPS) is 17.5. The number of carbonyl (C=O) groups excluding carboxylic acids is 1. The molecule has 0 aromatic heterocycles. The minimum Gasteiger partial charge on any atom is -0.322 e. The molecule has 1 heterocycles. The number of benzene rings is 2. The number of amides is 1. The van der Waals surface area contributed by atoms with Crippen molar-refractivity contribution in [3.8, 4) is 6.07 Å². The van der Waals surface area contributed by atoms with E-state index in [2.05, 4.69) is 11.4 Å². The van der Waals surface area contributed by atoms with Gasteiger partial charge in [-0.15, -0.1) is 0 Å². The SMILES string of the molecule is Cc1ccc(S(=O)(=O)N2CCCCC2C)cc1C(=O)Nc1ccc(CC#N)cc1. The van der Waals surface area contributed by atoms with E-state index in [0.29, 0.717) is 29.8 Å². The predicted octanol–water partition coefficient (Wildman–Crippen LogP) is 3.88. The molecule has 29 heavy (non-hydrogen) atoms. The molecule has 7 heteroatoms. The standard InChI is InChI=1S/C22H25N3O3S/c1-16-6-11-20(29(27,28)25-14-4-3-5-17(25)2)15-21(16)22(26)24-19-9-7-18(8-10-19)12-13-23/h6-11,15,17H,3-5,12,14H2,1-2H3,(H,24,26). The largest absolute Gasteiger partial charge is 0.322 e. The maximum Gasteiger partial charge on any atom is 0.255 e. The Morgan fingerprint density at radius 3 is 2.59 bits per heavy atom. The molecule has 1 fully saturated rings. The number of rotatable bonds is 5. The van der Waals surface area contributed by atoms with Gasteiger partial charge in [-0.05, 0) is 62.1 Å². The minimum atomic E-state index is -3.65. The van der Waals surface area contributed by atoms with Crippen LogP contribution in [0.15, 0.2) is 47.4 Å². The lowest BCUT2D eigenvalue weighted by molar-refractivity contribution is 0.102. The summed E-state index contributed by atoms with van der Waals surface area (Å²) < 4.78 is 27.8. The van der Waals surface area contributed by atoms with E-state index in [-0.39, 0.29) is 16.8 Å². The van der Waals surface area contributed by atoms with Gasteiger partial charge in [-0.25, -0.2) is 8.42 Å². The van der Waals surface area contributed by atoms with E-state index in [4.69, 9.17) is 5.26 Å². The molecule has 1 N–H and O–H groups in total. The number of carbonyl (C=O) groups is 1. The zero-order valence-corrected chi connectivity index (χ0v) is 17.5. The molecular weight excluding hydrogens is 386 g/mol. The second-order valence-corrected chi connectivity index (χ2v) is 9.31. The third-order valence-corrected chi connectivity index (χ3v) is 7.31. The quantitative estimate of drug-likeness (QED) is 0.808. The maximum absolute atomic E-state index is 13.1. The van der Waals surface area contributed by atoms with Crippen molar-refractivity contribution in [2.24, 2.45) is 0 Å². The Morgan fingerprint density at radius 1 is 1.21 bits per heavy atom. The first-order valence-electron chi connectivity index (χ1n) is 9.72. The van der Waals surface area contributed by atoms with Crippen LogP contribution in [0.25, 0.3) is 0 Å². The third-order valence-electron chi connectivity index (χ3n) is 5.30. The summed E-state index contributed by atoms with van der Waals surface area (Å²) in [6.07, 6.45) is 3.04. The van der Waals surface area contributed by atoms with Crippen molar-refractivity contribution < 1.29 is 13.2 Å². The Hall–Kier alpha value is -2.69. The van der Waals surface area contributed by atoms with Crippen molar-refractivity contribution >= 4 is 21.6 Å². The highest BCUT2D eigenvalue weighted by Gasteiger charge is 2.31. The van der Waals surface area contributed by atoms with E-state index in [1.807, 2.05) is 6.92 Å². The first-order chi connectivity index (χ1) is 13.8. The maximum atomic E-state index is 13.1. The summed E-state index contributed by atoms with van der Waals surface area (Å²) in [5, 5.41) is 11.5. The highest BCUT2D eigenvalue weighted by Crippen LogP contribution is 2.26. The number of piperidine rings is 1. The third kappa shape index (κ3) is 4.66. The minimum absolute atomic E-state index is 0.0424. The van der Waals surface area contributed by atoms with Gasteiger partial charge in [0.1, 0.15) is 0 Å². The average molecular weight is 412 g/mol. The van der Waals surface area contributed by atoms with Crippen LogP contribution in [0.3, 0.4) is 0 Å². The summed E-state index contributed by atoms with van der Waals surface area (Å²) in [6, 6.07) is 13.8. The van der Waals surface area contributed by atoms with Crippen LogP contribution in [0.1, 0.15) is 47.7 Å². The molecule has 1 aliphatic heterocycles. The molecule has 1 aliphatic rings. The fourth-order valence-electron chi connectivity index (χ4n) is 3.57. The van der Waals surface area contributed by atoms with Gasteiger partial charge >= 0.3 is 0 Å². The lowest BCUT2D eigenvalue weighted by Gasteiger charge is -2.32. The van der Waals surface area contributed by atoms with Crippen LogP contribution < -0.4 is 5.32 Å². The lowest BCUT2D eigenvalue weighted by Crippen LogP contribution is -2.42. The van der Waals surface area contributed by atoms with Crippen LogP contribution in [0, 0.1) is 18.3 Å². The summed E-state index contributed by atoms with van der Waals surface area (Å²) in [4.78, 5) is 12.9. The van der Waals surface area contributed by atoms with Gasteiger partial charge in [-0.3, -0.25) is 4.79 Å². The smallest absolute Gasteiger partial charge is 0.255 e. The Kier molecular flexibility index (Phi) is 6.36. The van der Waals surface area contributed by atoms with Crippen LogP contribution in [-0.4, -0.2) is 31.2 Å². The molecule has 1 amide bonds. The predicted molar refractivity (Wildman–Crippen MR) is 112 cm³/mol. The molecule has 1 unspecified atom stereocenters. The number of hydrogen-bond donors (Lipinski definition) is 1. The average Bonchev–Trinajstić information content (AvgIpc) is 2.70. The highest BCUT2D eigenvalue weighted by molar-refractivity contribution is 7.89. The Bertz CT molecular complexity index is 1040. The van der Waals surface area contributed by atoms with E-state index in [0.717, 1.165) is 24.8 Å². The van der Waals surface area contributed by atoms with Gasteiger partial charge in [-0.1, -0.05) is 24.6 Å². The van der Waals surface area contributed by atoms with Gasteiger partial charge in [0.15, 0.2) is 0 Å². The Morgan fingerprint density at radius 2 is 1.93 bits per heavy atom. The molecule has 2 aromatic rings. The van der Waals surface area contributed by atoms with Gasteiger partial charge in [0.05, 0.1) is 17.4 Å². The molecule has 0 bridgehead atoms. The van der Waals surface area contributed by atoms with Crippen molar-refractivity contribution in [2.45, 2.75) is 50.5 Å². The number of anilines is 1. The zero-order valence-electron chi connectivity index (χ0n) is 16.7. The molecule has 0 radical (unpaired) electrons. The molecule has 1 saturated heterocycles. The van der Waals surface area contributed by atoms with Gasteiger partial charge in [0.25, 0.3) is 5.91 Å². The summed E-state index contributed by atoms with van der Waals surface area (Å²) in [6.45, 7) is 4.22. The molecule has 0 aliphatic carbocycles. The van der Waals surface area contributed by atoms with Crippen LogP contribution in [0.2, 0.25) is 0 Å². The number of nitriles is 1. The first kappa shape index (κ1) is 21.0. The van der Waals surface area contributed by atoms with Gasteiger partial charge in [0.2, 0.25) is 10.0 Å². The second-order valence-electron chi connectivity index (χ2n) is 7.42. The van der Waals surface area contributed by atoms with Crippen molar-refractivity contribution in [3.05, 3.63) is 59.2 Å². The van der Waals surface area contributed by atoms with Gasteiger partial charge < -0.3 is 5.32 Å². The molecule has 3 rings (SSSR count). The zero-order chi connectivity index (χ0) is 21.0.